The number of hydrogen-bond acceptors (Lipinski definition) is 3. The summed E-state index contributed by atoms with van der Waals surface area (Å²) in [4.78, 5) is 7.02. The molecule has 114 valence electrons. The first-order valence-corrected chi connectivity index (χ1v) is 7.91. The van der Waals surface area contributed by atoms with Crippen molar-refractivity contribution < 1.29 is 0 Å². The van der Waals surface area contributed by atoms with E-state index in [0.717, 1.165) is 12.2 Å². The fourth-order valence-corrected chi connectivity index (χ4v) is 2.85. The maximum absolute atomic E-state index is 6.10. The number of pyridine rings is 1. The van der Waals surface area contributed by atoms with Gasteiger partial charge in [0, 0.05) is 37.1 Å². The Balaban J connectivity index is 3.03. The van der Waals surface area contributed by atoms with E-state index in [1.165, 1.54) is 18.4 Å². The van der Waals surface area contributed by atoms with Gasteiger partial charge in [-0.25, -0.2) is 0 Å². The quantitative estimate of drug-likeness (QED) is 0.790. The molecule has 20 heavy (non-hydrogen) atoms. The van der Waals surface area contributed by atoms with Crippen molar-refractivity contribution in [2.24, 2.45) is 11.7 Å². The van der Waals surface area contributed by atoms with Crippen LogP contribution in [0.3, 0.4) is 0 Å². The predicted octanol–water partition coefficient (Wildman–Crippen LogP) is 3.54. The van der Waals surface area contributed by atoms with Crippen LogP contribution in [0.2, 0.25) is 0 Å². The van der Waals surface area contributed by atoms with Crippen molar-refractivity contribution in [1.29, 1.82) is 0 Å². The van der Waals surface area contributed by atoms with E-state index >= 15 is 0 Å². The van der Waals surface area contributed by atoms with Crippen LogP contribution < -0.4 is 5.73 Å². The van der Waals surface area contributed by atoms with Gasteiger partial charge < -0.3 is 5.73 Å². The number of aromatic nitrogens is 1. The van der Waals surface area contributed by atoms with Gasteiger partial charge in [-0.3, -0.25) is 9.88 Å². The van der Waals surface area contributed by atoms with Crippen LogP contribution in [-0.2, 0) is 0 Å². The highest BCUT2D eigenvalue weighted by molar-refractivity contribution is 5.18. The first-order valence-electron chi connectivity index (χ1n) is 7.91. The van der Waals surface area contributed by atoms with E-state index < -0.39 is 0 Å². The summed E-state index contributed by atoms with van der Waals surface area (Å²) in [5.74, 6) is 0.642. The third kappa shape index (κ3) is 4.57. The summed E-state index contributed by atoms with van der Waals surface area (Å²) in [5.41, 5.74) is 8.40. The molecule has 0 bridgehead atoms. The molecule has 3 nitrogen and oxygen atoms in total. The van der Waals surface area contributed by atoms with Crippen LogP contribution in [0.4, 0.5) is 0 Å². The Kier molecular flexibility index (Phi) is 7.17. The van der Waals surface area contributed by atoms with E-state index in [1.807, 2.05) is 13.1 Å². The molecule has 0 aromatic carbocycles. The predicted molar refractivity (Wildman–Crippen MR) is 86.7 cm³/mol. The van der Waals surface area contributed by atoms with Gasteiger partial charge in [-0.2, -0.15) is 0 Å². The van der Waals surface area contributed by atoms with Gasteiger partial charge in [0.1, 0.15) is 0 Å². The first kappa shape index (κ1) is 17.1. The van der Waals surface area contributed by atoms with E-state index in [2.05, 4.69) is 49.7 Å². The molecule has 0 amide bonds. The molecule has 1 aromatic rings. The zero-order valence-corrected chi connectivity index (χ0v) is 13.8. The number of nitrogens with two attached hydrogens (primary N) is 1. The van der Waals surface area contributed by atoms with E-state index in [1.54, 1.807) is 0 Å². The smallest absolute Gasteiger partial charge is 0.0488 e. The maximum Gasteiger partial charge on any atom is 0.0488 e. The largest absolute Gasteiger partial charge is 0.329 e. The molecule has 0 fully saturated rings. The minimum Gasteiger partial charge on any atom is -0.329 e. The Labute approximate surface area is 124 Å². The fourth-order valence-electron chi connectivity index (χ4n) is 2.85. The summed E-state index contributed by atoms with van der Waals surface area (Å²) in [5, 5.41) is 0. The van der Waals surface area contributed by atoms with Gasteiger partial charge in [0.15, 0.2) is 0 Å². The highest BCUT2D eigenvalue weighted by Gasteiger charge is 2.25. The third-order valence-corrected chi connectivity index (χ3v) is 3.93. The third-order valence-electron chi connectivity index (χ3n) is 3.93. The first-order chi connectivity index (χ1) is 9.53. The molecule has 0 saturated heterocycles. The second kappa shape index (κ2) is 8.38. The lowest BCUT2D eigenvalue weighted by Crippen LogP contribution is -2.43. The summed E-state index contributed by atoms with van der Waals surface area (Å²) < 4.78 is 0. The van der Waals surface area contributed by atoms with Crippen LogP contribution in [-0.4, -0.2) is 29.0 Å². The van der Waals surface area contributed by atoms with Crippen molar-refractivity contribution in [3.8, 4) is 0 Å². The zero-order valence-electron chi connectivity index (χ0n) is 13.8. The molecule has 1 unspecified atom stereocenters. The molecule has 0 spiro atoms. The standard InChI is InChI=1S/C17H31N3/c1-6-16(7-2)20(12-13(3)4)17(10-18)15-9-8-14(5)19-11-15/h8-9,11,13,16-17H,6-7,10,12,18H2,1-5H3. The lowest BCUT2D eigenvalue weighted by molar-refractivity contribution is 0.112. The van der Waals surface area contributed by atoms with Crippen molar-refractivity contribution in [2.45, 2.75) is 59.5 Å². The van der Waals surface area contributed by atoms with Crippen LogP contribution in [0.15, 0.2) is 18.3 Å². The number of hydrogen-bond donors (Lipinski definition) is 1. The lowest BCUT2D eigenvalue weighted by Gasteiger charge is -2.38. The monoisotopic (exact) mass is 277 g/mol. The van der Waals surface area contributed by atoms with Gasteiger partial charge in [0.05, 0.1) is 0 Å². The molecule has 0 aliphatic heterocycles. The molecule has 1 rings (SSSR count). The van der Waals surface area contributed by atoms with Crippen LogP contribution in [0.5, 0.6) is 0 Å². The minimum atomic E-state index is 0.274. The van der Waals surface area contributed by atoms with Crippen molar-refractivity contribution >= 4 is 0 Å². The van der Waals surface area contributed by atoms with Gasteiger partial charge in [0.25, 0.3) is 0 Å². The number of rotatable bonds is 8. The molecule has 0 saturated carbocycles. The Morgan fingerprint density at radius 3 is 2.25 bits per heavy atom. The van der Waals surface area contributed by atoms with Gasteiger partial charge in [0.2, 0.25) is 0 Å². The SMILES string of the molecule is CCC(CC)N(CC(C)C)C(CN)c1ccc(C)nc1. The summed E-state index contributed by atoms with van der Waals surface area (Å²) in [7, 11) is 0. The van der Waals surface area contributed by atoms with Crippen molar-refractivity contribution in [3.63, 3.8) is 0 Å². The minimum absolute atomic E-state index is 0.274. The Morgan fingerprint density at radius 2 is 1.85 bits per heavy atom. The van der Waals surface area contributed by atoms with Crippen LogP contribution in [0, 0.1) is 12.8 Å². The second-order valence-electron chi connectivity index (χ2n) is 6.05. The molecule has 0 aliphatic rings. The lowest BCUT2D eigenvalue weighted by atomic mass is 10.00. The zero-order chi connectivity index (χ0) is 15.1. The van der Waals surface area contributed by atoms with Crippen LogP contribution in [0.1, 0.15) is 57.8 Å². The molecule has 2 N–H and O–H groups in total. The van der Waals surface area contributed by atoms with Crippen LogP contribution >= 0.6 is 0 Å². The van der Waals surface area contributed by atoms with Crippen molar-refractivity contribution in [3.05, 3.63) is 29.6 Å². The summed E-state index contributed by atoms with van der Waals surface area (Å²) in [6, 6.07) is 5.12. The van der Waals surface area contributed by atoms with Gasteiger partial charge in [-0.1, -0.05) is 33.8 Å². The van der Waals surface area contributed by atoms with E-state index in [0.29, 0.717) is 18.5 Å². The number of nitrogens with zero attached hydrogens (tertiary/aromatic N) is 2. The highest BCUT2D eigenvalue weighted by atomic mass is 15.2. The van der Waals surface area contributed by atoms with Crippen LogP contribution in [0.25, 0.3) is 0 Å². The van der Waals surface area contributed by atoms with Crippen molar-refractivity contribution in [2.75, 3.05) is 13.1 Å². The molecular formula is C17H31N3. The summed E-state index contributed by atoms with van der Waals surface area (Å²) >= 11 is 0. The van der Waals surface area contributed by atoms with Gasteiger partial charge in [-0.05, 0) is 37.3 Å². The second-order valence-corrected chi connectivity index (χ2v) is 6.05. The molecule has 0 radical (unpaired) electrons. The van der Waals surface area contributed by atoms with Crippen molar-refractivity contribution in [1.82, 2.24) is 9.88 Å². The molecule has 1 atom stereocenters. The average Bonchev–Trinajstić information content (AvgIpc) is 2.42. The van der Waals surface area contributed by atoms with Gasteiger partial charge in [-0.15, -0.1) is 0 Å². The average molecular weight is 277 g/mol. The topological polar surface area (TPSA) is 42.1 Å². The molecule has 1 aromatic heterocycles. The summed E-state index contributed by atoms with van der Waals surface area (Å²) in [6.45, 7) is 12.8. The Morgan fingerprint density at radius 1 is 1.20 bits per heavy atom. The number of aryl methyl sites for hydroxylation is 1. The van der Waals surface area contributed by atoms with Gasteiger partial charge >= 0.3 is 0 Å². The fraction of sp³-hybridized carbons (Fsp3) is 0.706. The molecule has 3 heteroatoms. The van der Waals surface area contributed by atoms with E-state index in [4.69, 9.17) is 5.73 Å². The Hall–Kier alpha value is -0.930. The Bertz CT molecular complexity index is 368. The molecule has 1 heterocycles. The summed E-state index contributed by atoms with van der Waals surface area (Å²) in [6.07, 6.45) is 4.32. The molecule has 0 aliphatic carbocycles. The van der Waals surface area contributed by atoms with E-state index in [9.17, 15) is 0 Å². The van der Waals surface area contributed by atoms with E-state index in [-0.39, 0.29) is 6.04 Å². The molecular weight excluding hydrogens is 246 g/mol. The maximum atomic E-state index is 6.10. The normalized spacial score (nSPS) is 13.4. The highest BCUT2D eigenvalue weighted by Crippen LogP contribution is 2.25.